The molecule has 0 saturated carbocycles. The van der Waals surface area contributed by atoms with E-state index in [9.17, 15) is 13.2 Å². The Morgan fingerprint density at radius 2 is 1.46 bits per heavy atom. The minimum Gasteiger partial charge on any atom is -0.493 e. The van der Waals surface area contributed by atoms with Gasteiger partial charge >= 0.3 is 0 Å². The Morgan fingerprint density at radius 3 is 1.94 bits per heavy atom. The summed E-state index contributed by atoms with van der Waals surface area (Å²) in [6.45, 7) is 3.67. The summed E-state index contributed by atoms with van der Waals surface area (Å²) in [5, 5.41) is 2.74. The van der Waals surface area contributed by atoms with Crippen LogP contribution in [0.4, 0.5) is 11.4 Å². The molecule has 3 aromatic carbocycles. The zero-order valence-corrected chi connectivity index (χ0v) is 21.3. The zero-order valence-electron chi connectivity index (χ0n) is 20.4. The van der Waals surface area contributed by atoms with Crippen molar-refractivity contribution < 1.29 is 27.4 Å². The number of methoxy groups -OCH3 is 3. The van der Waals surface area contributed by atoms with Gasteiger partial charge in [-0.2, -0.15) is 0 Å². The molecule has 35 heavy (non-hydrogen) atoms. The van der Waals surface area contributed by atoms with E-state index in [0.29, 0.717) is 28.6 Å². The smallest absolute Gasteiger partial charge is 0.264 e. The third-order valence-corrected chi connectivity index (χ3v) is 7.20. The Morgan fingerprint density at radius 1 is 0.886 bits per heavy atom. The lowest BCUT2D eigenvalue weighted by Crippen LogP contribution is -2.38. The van der Waals surface area contributed by atoms with Gasteiger partial charge in [-0.25, -0.2) is 8.42 Å². The molecule has 9 heteroatoms. The fourth-order valence-corrected chi connectivity index (χ4v) is 4.99. The van der Waals surface area contributed by atoms with E-state index >= 15 is 0 Å². The molecule has 3 aromatic rings. The second-order valence-electron chi connectivity index (χ2n) is 8.03. The highest BCUT2D eigenvalue weighted by Crippen LogP contribution is 2.40. The largest absolute Gasteiger partial charge is 0.493 e. The van der Waals surface area contributed by atoms with Gasteiger partial charge in [-0.1, -0.05) is 44.2 Å². The number of ether oxygens (including phenoxy) is 3. The molecule has 8 nitrogen and oxygen atoms in total. The minimum absolute atomic E-state index is 0.0912. The Balaban J connectivity index is 1.95. The molecule has 186 valence electrons. The summed E-state index contributed by atoms with van der Waals surface area (Å²) in [7, 11) is 0.414. The molecule has 3 rings (SSSR count). The Hall–Kier alpha value is -3.72. The van der Waals surface area contributed by atoms with Crippen molar-refractivity contribution in [1.29, 1.82) is 0 Å². The van der Waals surface area contributed by atoms with Crippen LogP contribution in [-0.4, -0.2) is 42.2 Å². The standard InChI is InChI=1S/C26H30N2O6S/c1-18(2)19-11-13-21(14-12-19)28(35(30,31)22-9-7-6-8-10-22)17-25(29)27-20-15-23(32-3)26(34-5)24(16-20)33-4/h6-16,18H,17H2,1-5H3,(H,27,29). The molecule has 0 aromatic heterocycles. The van der Waals surface area contributed by atoms with Crippen molar-refractivity contribution in [1.82, 2.24) is 0 Å². The number of anilines is 2. The second-order valence-corrected chi connectivity index (χ2v) is 9.90. The lowest BCUT2D eigenvalue weighted by molar-refractivity contribution is -0.114. The summed E-state index contributed by atoms with van der Waals surface area (Å²) < 4.78 is 44.1. The zero-order chi connectivity index (χ0) is 25.6. The maximum Gasteiger partial charge on any atom is 0.264 e. The molecule has 0 aliphatic rings. The Bertz CT molecular complexity index is 1230. The van der Waals surface area contributed by atoms with Gasteiger partial charge in [-0.05, 0) is 35.7 Å². The summed E-state index contributed by atoms with van der Waals surface area (Å²) >= 11 is 0. The van der Waals surface area contributed by atoms with Crippen molar-refractivity contribution in [3.05, 3.63) is 72.3 Å². The number of hydrogen-bond donors (Lipinski definition) is 1. The predicted molar refractivity (Wildman–Crippen MR) is 136 cm³/mol. The lowest BCUT2D eigenvalue weighted by atomic mass is 10.0. The van der Waals surface area contributed by atoms with E-state index in [1.165, 1.54) is 33.5 Å². The number of amides is 1. The third-order valence-electron chi connectivity index (χ3n) is 5.41. The highest BCUT2D eigenvalue weighted by molar-refractivity contribution is 7.92. The number of carbonyl (C=O) groups excluding carboxylic acids is 1. The van der Waals surface area contributed by atoms with Gasteiger partial charge in [0.05, 0.1) is 31.9 Å². The molecule has 0 fully saturated rings. The van der Waals surface area contributed by atoms with E-state index in [4.69, 9.17) is 14.2 Å². The Labute approximate surface area is 206 Å². The number of nitrogens with one attached hydrogen (secondary N) is 1. The molecule has 0 atom stereocenters. The molecule has 0 aliphatic heterocycles. The van der Waals surface area contributed by atoms with Crippen molar-refractivity contribution in [2.24, 2.45) is 0 Å². The fraction of sp³-hybridized carbons (Fsp3) is 0.269. The SMILES string of the molecule is COc1cc(NC(=O)CN(c2ccc(C(C)C)cc2)S(=O)(=O)c2ccccc2)cc(OC)c1OC. The summed E-state index contributed by atoms with van der Waals surface area (Å²) in [4.78, 5) is 13.2. The van der Waals surface area contributed by atoms with E-state index in [2.05, 4.69) is 19.2 Å². The molecule has 0 saturated heterocycles. The van der Waals surface area contributed by atoms with Crippen molar-refractivity contribution in [2.75, 3.05) is 37.5 Å². The van der Waals surface area contributed by atoms with Gasteiger partial charge < -0.3 is 19.5 Å². The van der Waals surface area contributed by atoms with Gasteiger partial charge in [0.15, 0.2) is 11.5 Å². The average Bonchev–Trinajstić information content (AvgIpc) is 2.87. The molecular weight excluding hydrogens is 468 g/mol. The number of rotatable bonds is 10. The normalized spacial score (nSPS) is 11.1. The topological polar surface area (TPSA) is 94.2 Å². The molecule has 0 aliphatic carbocycles. The van der Waals surface area contributed by atoms with Crippen LogP contribution in [0.25, 0.3) is 0 Å². The molecular formula is C26H30N2O6S. The van der Waals surface area contributed by atoms with Crippen LogP contribution in [0.5, 0.6) is 17.2 Å². The van der Waals surface area contributed by atoms with Crippen LogP contribution in [0.15, 0.2) is 71.6 Å². The second kappa shape index (κ2) is 11.1. The summed E-state index contributed by atoms with van der Waals surface area (Å²) in [6, 6.07) is 18.3. The third kappa shape index (κ3) is 5.86. The first-order valence-corrected chi connectivity index (χ1v) is 12.4. The number of carbonyl (C=O) groups is 1. The summed E-state index contributed by atoms with van der Waals surface area (Å²) in [5.41, 5.74) is 1.82. The Kier molecular flexibility index (Phi) is 8.24. The van der Waals surface area contributed by atoms with Gasteiger partial charge in [-0.3, -0.25) is 9.10 Å². The van der Waals surface area contributed by atoms with Crippen molar-refractivity contribution >= 4 is 27.3 Å². The van der Waals surface area contributed by atoms with E-state index in [1.54, 1.807) is 42.5 Å². The van der Waals surface area contributed by atoms with Gasteiger partial charge in [-0.15, -0.1) is 0 Å². The van der Waals surface area contributed by atoms with E-state index in [0.717, 1.165) is 9.87 Å². The van der Waals surface area contributed by atoms with Gasteiger partial charge in [0.2, 0.25) is 11.7 Å². The fourth-order valence-electron chi connectivity index (χ4n) is 3.54. The van der Waals surface area contributed by atoms with Crippen LogP contribution in [0.3, 0.4) is 0 Å². The van der Waals surface area contributed by atoms with Crippen molar-refractivity contribution in [3.8, 4) is 17.2 Å². The lowest BCUT2D eigenvalue weighted by Gasteiger charge is -2.24. The van der Waals surface area contributed by atoms with Crippen LogP contribution >= 0.6 is 0 Å². The first kappa shape index (κ1) is 25.9. The minimum atomic E-state index is -4.01. The van der Waals surface area contributed by atoms with Crippen molar-refractivity contribution in [2.45, 2.75) is 24.7 Å². The van der Waals surface area contributed by atoms with Crippen molar-refractivity contribution in [3.63, 3.8) is 0 Å². The van der Waals surface area contributed by atoms with E-state index in [1.807, 2.05) is 12.1 Å². The highest BCUT2D eigenvalue weighted by Gasteiger charge is 2.27. The molecule has 0 bridgehead atoms. The van der Waals surface area contributed by atoms with E-state index < -0.39 is 22.5 Å². The van der Waals surface area contributed by atoms with Gasteiger partial charge in [0.25, 0.3) is 10.0 Å². The predicted octanol–water partition coefficient (Wildman–Crippen LogP) is 4.67. The maximum absolute atomic E-state index is 13.5. The first-order valence-electron chi connectivity index (χ1n) is 11.0. The van der Waals surface area contributed by atoms with Crippen LogP contribution in [0, 0.1) is 0 Å². The molecule has 1 amide bonds. The van der Waals surface area contributed by atoms with Crippen LogP contribution in [0.2, 0.25) is 0 Å². The van der Waals surface area contributed by atoms with Gasteiger partial charge in [0, 0.05) is 17.8 Å². The molecule has 0 unspecified atom stereocenters. The average molecular weight is 499 g/mol. The van der Waals surface area contributed by atoms with Crippen LogP contribution in [0.1, 0.15) is 25.3 Å². The maximum atomic E-state index is 13.5. The van der Waals surface area contributed by atoms with Gasteiger partial charge in [0.1, 0.15) is 6.54 Å². The molecule has 1 N–H and O–H groups in total. The summed E-state index contributed by atoms with van der Waals surface area (Å²) in [5.74, 6) is 0.852. The van der Waals surface area contributed by atoms with E-state index in [-0.39, 0.29) is 10.8 Å². The molecule has 0 radical (unpaired) electrons. The quantitative estimate of drug-likeness (QED) is 0.437. The monoisotopic (exact) mass is 498 g/mol. The molecule has 0 heterocycles. The first-order chi connectivity index (χ1) is 16.7. The number of nitrogens with zero attached hydrogens (tertiary/aromatic N) is 1. The number of benzene rings is 3. The number of hydrogen-bond acceptors (Lipinski definition) is 6. The summed E-state index contributed by atoms with van der Waals surface area (Å²) in [6.07, 6.45) is 0. The number of sulfonamides is 1. The molecule has 0 spiro atoms. The van der Waals surface area contributed by atoms with Crippen LogP contribution in [-0.2, 0) is 14.8 Å². The highest BCUT2D eigenvalue weighted by atomic mass is 32.2. The van der Waals surface area contributed by atoms with Crippen LogP contribution < -0.4 is 23.8 Å².